The van der Waals surface area contributed by atoms with E-state index >= 15 is 0 Å². The van der Waals surface area contributed by atoms with Gasteiger partial charge in [-0.3, -0.25) is 4.79 Å². The maximum atomic E-state index is 12.8. The van der Waals surface area contributed by atoms with Gasteiger partial charge in [-0.05, 0) is 50.7 Å². The molecular formula is C15H18NO3S. The highest BCUT2D eigenvalue weighted by atomic mass is 32.2. The zero-order chi connectivity index (χ0) is 14.3. The van der Waals surface area contributed by atoms with Crippen molar-refractivity contribution in [1.29, 1.82) is 0 Å². The SMILES string of the molecule is Cc1ccc(S(=O)(=O)N2C3CCC(CC3)C2[C]=O)cc1. The largest absolute Gasteiger partial charge is 0.289 e. The Hall–Kier alpha value is -1.20. The number of sulfonamides is 1. The number of fused-ring (bicyclic) bond motifs is 3. The van der Waals surface area contributed by atoms with Crippen LogP contribution in [-0.2, 0) is 14.8 Å². The van der Waals surface area contributed by atoms with Crippen LogP contribution in [0.5, 0.6) is 0 Å². The molecule has 2 aliphatic heterocycles. The predicted molar refractivity (Wildman–Crippen MR) is 75.4 cm³/mol. The molecule has 1 aliphatic carbocycles. The van der Waals surface area contributed by atoms with Gasteiger partial charge in [-0.2, -0.15) is 4.31 Å². The van der Waals surface area contributed by atoms with E-state index < -0.39 is 16.1 Å². The summed E-state index contributed by atoms with van der Waals surface area (Å²) >= 11 is 0. The number of hydrogen-bond acceptors (Lipinski definition) is 3. The Bertz CT molecular complexity index is 601. The van der Waals surface area contributed by atoms with Gasteiger partial charge < -0.3 is 0 Å². The maximum absolute atomic E-state index is 12.8. The minimum atomic E-state index is -3.60. The third-order valence-corrected chi connectivity index (χ3v) is 6.49. The zero-order valence-electron chi connectivity index (χ0n) is 11.5. The molecule has 1 unspecified atom stereocenters. The van der Waals surface area contributed by atoms with Gasteiger partial charge in [-0.15, -0.1) is 0 Å². The summed E-state index contributed by atoms with van der Waals surface area (Å²) in [6.45, 7) is 1.92. The van der Waals surface area contributed by atoms with Crippen molar-refractivity contribution in [2.75, 3.05) is 0 Å². The van der Waals surface area contributed by atoms with Gasteiger partial charge in [0.1, 0.15) is 0 Å². The topological polar surface area (TPSA) is 54.5 Å². The molecule has 4 nitrogen and oxygen atoms in total. The van der Waals surface area contributed by atoms with Crippen molar-refractivity contribution >= 4 is 16.3 Å². The van der Waals surface area contributed by atoms with E-state index in [9.17, 15) is 13.2 Å². The first kappa shape index (κ1) is 13.8. The molecule has 2 saturated heterocycles. The molecule has 5 heteroatoms. The summed E-state index contributed by atoms with van der Waals surface area (Å²) < 4.78 is 27.0. The fourth-order valence-corrected chi connectivity index (χ4v) is 5.27. The van der Waals surface area contributed by atoms with Crippen molar-refractivity contribution in [1.82, 2.24) is 4.31 Å². The van der Waals surface area contributed by atoms with Crippen LogP contribution in [-0.4, -0.2) is 31.1 Å². The lowest BCUT2D eigenvalue weighted by molar-refractivity contribution is 0.0885. The zero-order valence-corrected chi connectivity index (χ0v) is 12.3. The van der Waals surface area contributed by atoms with Gasteiger partial charge in [0, 0.05) is 6.04 Å². The molecule has 1 aromatic carbocycles. The lowest BCUT2D eigenvalue weighted by Crippen LogP contribution is -2.57. The van der Waals surface area contributed by atoms with Gasteiger partial charge >= 0.3 is 0 Å². The molecule has 20 heavy (non-hydrogen) atoms. The second-order valence-electron chi connectivity index (χ2n) is 5.78. The highest BCUT2D eigenvalue weighted by Gasteiger charge is 2.48. The Morgan fingerprint density at radius 3 is 2.25 bits per heavy atom. The molecule has 2 heterocycles. The smallest absolute Gasteiger partial charge is 0.244 e. The van der Waals surface area contributed by atoms with Gasteiger partial charge in [-0.25, -0.2) is 8.42 Å². The quantitative estimate of drug-likeness (QED) is 0.856. The van der Waals surface area contributed by atoms with E-state index in [1.54, 1.807) is 24.3 Å². The minimum Gasteiger partial charge on any atom is -0.289 e. The Balaban J connectivity index is 2.01. The molecule has 0 N–H and O–H groups in total. The van der Waals surface area contributed by atoms with Crippen LogP contribution in [0, 0.1) is 12.8 Å². The molecule has 3 aliphatic rings. The second-order valence-corrected chi connectivity index (χ2v) is 7.62. The number of nitrogens with zero attached hydrogens (tertiary/aromatic N) is 1. The first-order valence-corrected chi connectivity index (χ1v) is 8.46. The standard InChI is InChI=1S/C15H18NO3S/c1-11-2-8-14(9-3-11)20(18,19)16-13-6-4-12(5-7-13)15(16)10-17/h2-3,8-9,12-13,15H,4-7H2,1H3. The average Bonchev–Trinajstić information content (AvgIpc) is 2.47. The maximum Gasteiger partial charge on any atom is 0.244 e. The van der Waals surface area contributed by atoms with Gasteiger partial charge in [0.25, 0.3) is 0 Å². The summed E-state index contributed by atoms with van der Waals surface area (Å²) in [5.74, 6) is 0.137. The van der Waals surface area contributed by atoms with E-state index in [1.165, 1.54) is 4.31 Å². The van der Waals surface area contributed by atoms with E-state index in [-0.39, 0.29) is 16.9 Å². The van der Waals surface area contributed by atoms with Crippen LogP contribution in [0.1, 0.15) is 31.2 Å². The van der Waals surface area contributed by atoms with E-state index in [0.717, 1.165) is 31.2 Å². The van der Waals surface area contributed by atoms with Crippen LogP contribution in [0.2, 0.25) is 0 Å². The summed E-state index contributed by atoms with van der Waals surface area (Å²) in [6.07, 6.45) is 5.55. The molecule has 0 aromatic heterocycles. The van der Waals surface area contributed by atoms with Crippen LogP contribution < -0.4 is 0 Å². The second kappa shape index (κ2) is 4.97. The summed E-state index contributed by atoms with van der Waals surface area (Å²) in [6, 6.07) is 6.17. The third-order valence-electron chi connectivity index (χ3n) is 4.54. The molecule has 0 spiro atoms. The molecule has 3 fully saturated rings. The lowest BCUT2D eigenvalue weighted by atomic mass is 9.77. The predicted octanol–water partition coefficient (Wildman–Crippen LogP) is 2.04. The Kier molecular flexibility index (Phi) is 3.42. The van der Waals surface area contributed by atoms with Crippen LogP contribution in [0.25, 0.3) is 0 Å². The van der Waals surface area contributed by atoms with Crippen LogP contribution in [0.15, 0.2) is 29.2 Å². The molecule has 0 amide bonds. The number of piperidine rings is 2. The molecule has 1 atom stereocenters. The van der Waals surface area contributed by atoms with Crippen LogP contribution >= 0.6 is 0 Å². The Labute approximate surface area is 119 Å². The average molecular weight is 292 g/mol. The number of aryl methyl sites for hydroxylation is 1. The van der Waals surface area contributed by atoms with Crippen molar-refractivity contribution in [2.24, 2.45) is 5.92 Å². The Morgan fingerprint density at radius 1 is 1.10 bits per heavy atom. The van der Waals surface area contributed by atoms with Crippen molar-refractivity contribution in [3.63, 3.8) is 0 Å². The molecule has 1 radical (unpaired) electrons. The van der Waals surface area contributed by atoms with Gasteiger partial charge in [0.05, 0.1) is 10.9 Å². The Morgan fingerprint density at radius 2 is 1.70 bits per heavy atom. The van der Waals surface area contributed by atoms with Crippen LogP contribution in [0.4, 0.5) is 0 Å². The first-order chi connectivity index (χ1) is 9.54. The van der Waals surface area contributed by atoms with Crippen molar-refractivity contribution in [3.8, 4) is 0 Å². The molecule has 4 rings (SSSR count). The summed E-state index contributed by atoms with van der Waals surface area (Å²) in [4.78, 5) is 11.5. The van der Waals surface area contributed by atoms with Gasteiger partial charge in [-0.1, -0.05) is 17.7 Å². The summed E-state index contributed by atoms with van der Waals surface area (Å²) in [7, 11) is -3.60. The van der Waals surface area contributed by atoms with E-state index in [4.69, 9.17) is 0 Å². The van der Waals surface area contributed by atoms with Crippen molar-refractivity contribution in [3.05, 3.63) is 29.8 Å². The van der Waals surface area contributed by atoms with E-state index in [0.29, 0.717) is 0 Å². The monoisotopic (exact) mass is 292 g/mol. The summed E-state index contributed by atoms with van der Waals surface area (Å²) in [5.41, 5.74) is 1.02. The molecule has 1 saturated carbocycles. The van der Waals surface area contributed by atoms with E-state index in [1.807, 2.05) is 13.2 Å². The highest BCUT2D eigenvalue weighted by molar-refractivity contribution is 7.89. The minimum absolute atomic E-state index is 0.0437. The molecule has 107 valence electrons. The fraction of sp³-hybridized carbons (Fsp3) is 0.533. The molecule has 2 bridgehead atoms. The number of rotatable bonds is 3. The van der Waals surface area contributed by atoms with Gasteiger partial charge in [0.15, 0.2) is 0 Å². The van der Waals surface area contributed by atoms with E-state index in [2.05, 4.69) is 0 Å². The summed E-state index contributed by atoms with van der Waals surface area (Å²) in [5, 5.41) is 0. The fourth-order valence-electron chi connectivity index (χ4n) is 3.43. The van der Waals surface area contributed by atoms with Crippen molar-refractivity contribution < 1.29 is 13.2 Å². The molecular weight excluding hydrogens is 274 g/mol. The number of hydrogen-bond donors (Lipinski definition) is 0. The van der Waals surface area contributed by atoms with Gasteiger partial charge in [0.2, 0.25) is 16.3 Å². The molecule has 1 aromatic rings. The highest BCUT2D eigenvalue weighted by Crippen LogP contribution is 2.41. The van der Waals surface area contributed by atoms with Crippen LogP contribution in [0.3, 0.4) is 0 Å². The number of benzene rings is 1. The lowest BCUT2D eigenvalue weighted by Gasteiger charge is -2.47. The third kappa shape index (κ3) is 2.09. The normalized spacial score (nSPS) is 30.4. The first-order valence-electron chi connectivity index (χ1n) is 7.02. The van der Waals surface area contributed by atoms with Crippen molar-refractivity contribution in [2.45, 2.75) is 49.6 Å². The number of carbonyl (C=O) groups excluding carboxylic acids is 1.